The summed E-state index contributed by atoms with van der Waals surface area (Å²) in [6, 6.07) is 11.2. The van der Waals surface area contributed by atoms with E-state index in [0.29, 0.717) is 23.5 Å². The molecule has 1 heterocycles. The number of rotatable bonds is 4. The lowest BCUT2D eigenvalue weighted by atomic mass is 9.46. The lowest BCUT2D eigenvalue weighted by molar-refractivity contribution is -0.171. The molecule has 4 nitrogen and oxygen atoms in total. The number of benzene rings is 1. The van der Waals surface area contributed by atoms with Crippen LogP contribution in [-0.4, -0.2) is 38.3 Å². The van der Waals surface area contributed by atoms with Gasteiger partial charge in [-0.05, 0) is 24.8 Å². The first-order chi connectivity index (χ1) is 12.1. The zero-order chi connectivity index (χ0) is 17.5. The van der Waals surface area contributed by atoms with Gasteiger partial charge < -0.3 is 15.4 Å². The zero-order valence-electron chi connectivity index (χ0n) is 16.1. The second kappa shape index (κ2) is 7.66. The minimum absolute atomic E-state index is 0. The Bertz CT molecular complexity index is 642. The van der Waals surface area contributed by atoms with Crippen LogP contribution >= 0.6 is 24.0 Å². The summed E-state index contributed by atoms with van der Waals surface area (Å²) in [5.41, 5.74) is 1.79. The molecular formula is C21H32IN3O. The fraction of sp³-hybridized carbons (Fsp3) is 0.667. The summed E-state index contributed by atoms with van der Waals surface area (Å²) in [6.07, 6.45) is 5.64. The Morgan fingerprint density at radius 1 is 1.27 bits per heavy atom. The van der Waals surface area contributed by atoms with Gasteiger partial charge >= 0.3 is 0 Å². The first-order valence-corrected chi connectivity index (χ1v) is 9.71. The third-order valence-corrected chi connectivity index (χ3v) is 6.80. The SMILES string of the molecule is CN=C(NCC(C)(C)c1ccccc1)NC1C2CCOC2C12CCC2.I. The molecule has 0 bridgehead atoms. The maximum absolute atomic E-state index is 6.03. The molecule has 0 amide bonds. The first kappa shape index (κ1) is 19.9. The van der Waals surface area contributed by atoms with E-state index >= 15 is 0 Å². The van der Waals surface area contributed by atoms with Gasteiger partial charge in [-0.2, -0.15) is 0 Å². The van der Waals surface area contributed by atoms with Crippen LogP contribution in [0.2, 0.25) is 0 Å². The summed E-state index contributed by atoms with van der Waals surface area (Å²) in [4.78, 5) is 4.50. The van der Waals surface area contributed by atoms with E-state index in [1.54, 1.807) is 0 Å². The molecule has 3 fully saturated rings. The van der Waals surface area contributed by atoms with E-state index in [1.807, 2.05) is 7.05 Å². The maximum atomic E-state index is 6.03. The van der Waals surface area contributed by atoms with Gasteiger partial charge in [0.05, 0.1) is 6.10 Å². The Morgan fingerprint density at radius 3 is 2.62 bits per heavy atom. The highest BCUT2D eigenvalue weighted by molar-refractivity contribution is 14.0. The quantitative estimate of drug-likeness (QED) is 0.402. The second-order valence-corrected chi connectivity index (χ2v) is 8.63. The summed E-state index contributed by atoms with van der Waals surface area (Å²) in [5, 5.41) is 7.32. The molecular weight excluding hydrogens is 437 g/mol. The standard InChI is InChI=1S/C21H31N3O.HI/c1-20(2,15-8-5-4-6-9-15)14-23-19(22-3)24-17-16-10-13-25-18(16)21(17)11-7-12-21;/h4-6,8-9,16-18H,7,10-14H2,1-3H3,(H2,22,23,24);1H. The zero-order valence-corrected chi connectivity index (χ0v) is 18.5. The number of guanidine groups is 1. The molecule has 0 radical (unpaired) electrons. The minimum atomic E-state index is 0. The summed E-state index contributed by atoms with van der Waals surface area (Å²) in [6.45, 7) is 6.35. The normalized spacial score (nSPS) is 29.2. The lowest BCUT2D eigenvalue weighted by Gasteiger charge is -2.63. The Morgan fingerprint density at radius 2 is 2.00 bits per heavy atom. The van der Waals surface area contributed by atoms with Crippen molar-refractivity contribution in [3.05, 3.63) is 35.9 Å². The molecule has 3 unspecified atom stereocenters. The Hall–Kier alpha value is -0.820. The van der Waals surface area contributed by atoms with Gasteiger partial charge in [0.15, 0.2) is 5.96 Å². The van der Waals surface area contributed by atoms with Crippen LogP contribution in [0.3, 0.4) is 0 Å². The average molecular weight is 469 g/mol. The average Bonchev–Trinajstić information content (AvgIpc) is 2.99. The number of ether oxygens (including phenoxy) is 1. The van der Waals surface area contributed by atoms with Crippen LogP contribution in [0.5, 0.6) is 0 Å². The molecule has 26 heavy (non-hydrogen) atoms. The minimum Gasteiger partial charge on any atom is -0.377 e. The van der Waals surface area contributed by atoms with Gasteiger partial charge in [0.1, 0.15) is 0 Å². The molecule has 2 aliphatic carbocycles. The van der Waals surface area contributed by atoms with Crippen LogP contribution in [-0.2, 0) is 10.2 Å². The summed E-state index contributed by atoms with van der Waals surface area (Å²) < 4.78 is 6.03. The van der Waals surface area contributed by atoms with Gasteiger partial charge in [-0.1, -0.05) is 50.6 Å². The number of nitrogens with zero attached hydrogens (tertiary/aromatic N) is 1. The van der Waals surface area contributed by atoms with Crippen molar-refractivity contribution in [2.75, 3.05) is 20.2 Å². The molecule has 2 saturated carbocycles. The molecule has 1 saturated heterocycles. The van der Waals surface area contributed by atoms with Crippen LogP contribution in [0.25, 0.3) is 0 Å². The Kier molecular flexibility index (Phi) is 5.87. The van der Waals surface area contributed by atoms with E-state index in [4.69, 9.17) is 4.74 Å². The molecule has 0 aromatic heterocycles. The largest absolute Gasteiger partial charge is 0.377 e. The molecule has 1 spiro atoms. The van der Waals surface area contributed by atoms with Crippen molar-refractivity contribution < 1.29 is 4.74 Å². The van der Waals surface area contributed by atoms with Crippen molar-refractivity contribution in [1.29, 1.82) is 0 Å². The monoisotopic (exact) mass is 469 g/mol. The predicted molar refractivity (Wildman–Crippen MR) is 117 cm³/mol. The number of hydrogen-bond acceptors (Lipinski definition) is 2. The van der Waals surface area contributed by atoms with Crippen molar-refractivity contribution in [2.45, 2.75) is 57.1 Å². The van der Waals surface area contributed by atoms with E-state index in [2.05, 4.69) is 59.8 Å². The molecule has 144 valence electrons. The molecule has 4 rings (SSSR count). The number of aliphatic imine (C=N–C) groups is 1. The number of nitrogens with one attached hydrogen (secondary N) is 2. The van der Waals surface area contributed by atoms with Crippen LogP contribution in [0.15, 0.2) is 35.3 Å². The van der Waals surface area contributed by atoms with Gasteiger partial charge in [0.2, 0.25) is 0 Å². The van der Waals surface area contributed by atoms with Crippen LogP contribution < -0.4 is 10.6 Å². The van der Waals surface area contributed by atoms with Gasteiger partial charge in [-0.25, -0.2) is 0 Å². The number of halogens is 1. The molecule has 1 aromatic carbocycles. The molecule has 5 heteroatoms. The third kappa shape index (κ3) is 3.26. The van der Waals surface area contributed by atoms with Crippen LogP contribution in [0.1, 0.15) is 45.1 Å². The number of fused-ring (bicyclic) bond motifs is 2. The topological polar surface area (TPSA) is 45.7 Å². The van der Waals surface area contributed by atoms with Gasteiger partial charge in [-0.15, -0.1) is 24.0 Å². The van der Waals surface area contributed by atoms with E-state index in [0.717, 1.165) is 19.1 Å². The van der Waals surface area contributed by atoms with Gasteiger partial charge in [0, 0.05) is 43.0 Å². The predicted octanol–water partition coefficient (Wildman–Crippen LogP) is 3.70. The Balaban J connectivity index is 0.00000196. The third-order valence-electron chi connectivity index (χ3n) is 6.80. The van der Waals surface area contributed by atoms with Crippen LogP contribution in [0.4, 0.5) is 0 Å². The van der Waals surface area contributed by atoms with Crippen molar-refractivity contribution in [2.24, 2.45) is 16.3 Å². The van der Waals surface area contributed by atoms with Crippen molar-refractivity contribution >= 4 is 29.9 Å². The van der Waals surface area contributed by atoms with Crippen molar-refractivity contribution in [1.82, 2.24) is 10.6 Å². The molecule has 1 aliphatic heterocycles. The summed E-state index contributed by atoms with van der Waals surface area (Å²) in [7, 11) is 1.87. The number of hydrogen-bond donors (Lipinski definition) is 2. The fourth-order valence-corrected chi connectivity index (χ4v) is 5.09. The van der Waals surface area contributed by atoms with E-state index in [9.17, 15) is 0 Å². The molecule has 1 aromatic rings. The highest BCUT2D eigenvalue weighted by atomic mass is 127. The molecule has 3 aliphatic rings. The van der Waals surface area contributed by atoms with E-state index in [1.165, 1.54) is 31.2 Å². The van der Waals surface area contributed by atoms with Gasteiger partial charge in [0.25, 0.3) is 0 Å². The summed E-state index contributed by atoms with van der Waals surface area (Å²) in [5.74, 6) is 1.60. The highest BCUT2D eigenvalue weighted by Gasteiger charge is 2.66. The van der Waals surface area contributed by atoms with Crippen LogP contribution in [0, 0.1) is 11.3 Å². The first-order valence-electron chi connectivity index (χ1n) is 9.71. The maximum Gasteiger partial charge on any atom is 0.191 e. The molecule has 3 atom stereocenters. The highest BCUT2D eigenvalue weighted by Crippen LogP contribution is 2.62. The molecule has 2 N–H and O–H groups in total. The Labute approximate surface area is 174 Å². The van der Waals surface area contributed by atoms with E-state index in [-0.39, 0.29) is 29.4 Å². The van der Waals surface area contributed by atoms with Crippen molar-refractivity contribution in [3.63, 3.8) is 0 Å². The smallest absolute Gasteiger partial charge is 0.191 e. The fourth-order valence-electron chi connectivity index (χ4n) is 5.09. The van der Waals surface area contributed by atoms with Gasteiger partial charge in [-0.3, -0.25) is 4.99 Å². The van der Waals surface area contributed by atoms with Crippen molar-refractivity contribution in [3.8, 4) is 0 Å². The second-order valence-electron chi connectivity index (χ2n) is 8.63. The summed E-state index contributed by atoms with van der Waals surface area (Å²) >= 11 is 0. The lowest BCUT2D eigenvalue weighted by Crippen LogP contribution is -2.72. The van der Waals surface area contributed by atoms with E-state index < -0.39 is 0 Å².